The summed E-state index contributed by atoms with van der Waals surface area (Å²) in [5.74, 6) is -6.76. The van der Waals surface area contributed by atoms with Gasteiger partial charge in [0.1, 0.15) is 25.7 Å². The average molecular weight is 523 g/mol. The molecule has 1 aliphatic heterocycles. The van der Waals surface area contributed by atoms with E-state index in [0.717, 1.165) is 6.42 Å². The summed E-state index contributed by atoms with van der Waals surface area (Å²) >= 11 is 2.63. The molecule has 1 spiro atoms. The van der Waals surface area contributed by atoms with Gasteiger partial charge in [-0.25, -0.2) is 4.79 Å². The number of alkyl halides is 5. The Bertz CT molecular complexity index is 717. The molecule has 6 nitrogen and oxygen atoms in total. The molecule has 1 aliphatic carbocycles. The molecule has 0 bridgehead atoms. The lowest BCUT2D eigenvalue weighted by atomic mass is 9.94. The van der Waals surface area contributed by atoms with E-state index in [1.165, 1.54) is 23.5 Å². The molecule has 13 heteroatoms. The van der Waals surface area contributed by atoms with Crippen LogP contribution in [0.4, 0.5) is 22.0 Å². The second kappa shape index (κ2) is 11.0. The molecule has 0 radical (unpaired) electrons. The van der Waals surface area contributed by atoms with Crippen molar-refractivity contribution in [2.45, 2.75) is 74.7 Å². The Labute approximate surface area is 197 Å². The molecule has 0 aromatic heterocycles. The van der Waals surface area contributed by atoms with Crippen molar-refractivity contribution in [3.8, 4) is 0 Å². The molecule has 1 atom stereocenters. The van der Waals surface area contributed by atoms with Gasteiger partial charge in [-0.2, -0.15) is 22.0 Å². The molecule has 0 aromatic rings. The summed E-state index contributed by atoms with van der Waals surface area (Å²) in [6.07, 6.45) is -4.65. The summed E-state index contributed by atoms with van der Waals surface area (Å²) in [5, 5.41) is 0. The number of hydrogen-bond donors (Lipinski definition) is 0. The van der Waals surface area contributed by atoms with E-state index in [9.17, 15) is 36.3 Å². The lowest BCUT2D eigenvalue weighted by Crippen LogP contribution is -2.51. The molecule has 1 heterocycles. The molecule has 1 saturated carbocycles. The van der Waals surface area contributed by atoms with Crippen molar-refractivity contribution in [2.24, 2.45) is 5.41 Å². The van der Waals surface area contributed by atoms with Crippen molar-refractivity contribution in [3.05, 3.63) is 0 Å². The Morgan fingerprint density at radius 2 is 1.55 bits per heavy atom. The van der Waals surface area contributed by atoms with E-state index in [2.05, 4.69) is 0 Å². The molecule has 2 fully saturated rings. The van der Waals surface area contributed by atoms with E-state index in [1.807, 2.05) is 0 Å². The van der Waals surface area contributed by atoms with Gasteiger partial charge in [0, 0.05) is 24.9 Å². The number of carbonyl (C=O) groups is 3. The average Bonchev–Trinajstić information content (AvgIpc) is 2.72. The minimum absolute atomic E-state index is 0.0947. The topological polar surface area (TPSA) is 78.9 Å². The molecule has 190 valence electrons. The van der Waals surface area contributed by atoms with Crippen LogP contribution in [-0.4, -0.2) is 64.9 Å². The van der Waals surface area contributed by atoms with Gasteiger partial charge < -0.3 is 14.2 Å². The minimum atomic E-state index is -4.71. The summed E-state index contributed by atoms with van der Waals surface area (Å²) in [5.41, 5.74) is -0.965. The number of hydrogen-bond acceptors (Lipinski definition) is 8. The highest BCUT2D eigenvalue weighted by atomic mass is 32.2. The highest BCUT2D eigenvalue weighted by Crippen LogP contribution is 2.56. The lowest BCUT2D eigenvalue weighted by Gasteiger charge is -2.49. The van der Waals surface area contributed by atoms with Gasteiger partial charge in [-0.15, -0.1) is 23.5 Å². The maximum absolute atomic E-state index is 13.4. The Kier molecular flexibility index (Phi) is 9.34. The Morgan fingerprint density at radius 3 is 2.06 bits per heavy atom. The van der Waals surface area contributed by atoms with Gasteiger partial charge >= 0.3 is 30.0 Å². The summed E-state index contributed by atoms with van der Waals surface area (Å²) in [6, 6.07) is 0. The van der Waals surface area contributed by atoms with Crippen LogP contribution in [0.25, 0.3) is 0 Å². The zero-order valence-corrected chi connectivity index (χ0v) is 19.9. The van der Waals surface area contributed by atoms with E-state index in [1.54, 1.807) is 6.92 Å². The van der Waals surface area contributed by atoms with Crippen LogP contribution in [0.15, 0.2) is 0 Å². The fourth-order valence-electron chi connectivity index (χ4n) is 3.42. The second-order valence-electron chi connectivity index (χ2n) is 8.38. The van der Waals surface area contributed by atoms with E-state index < -0.39 is 58.6 Å². The van der Waals surface area contributed by atoms with Gasteiger partial charge in [0.2, 0.25) is 0 Å². The third kappa shape index (κ3) is 8.18. The predicted octanol–water partition coefficient (Wildman–Crippen LogP) is 4.74. The van der Waals surface area contributed by atoms with Crippen LogP contribution in [-0.2, 0) is 28.6 Å². The fourth-order valence-corrected chi connectivity index (χ4v) is 7.16. The normalized spacial score (nSPS) is 28.3. The third-order valence-electron chi connectivity index (χ3n) is 5.30. The molecule has 1 saturated heterocycles. The van der Waals surface area contributed by atoms with E-state index in [0.29, 0.717) is 26.2 Å². The number of halogens is 5. The first-order valence-electron chi connectivity index (χ1n) is 10.5. The summed E-state index contributed by atoms with van der Waals surface area (Å²) in [4.78, 5) is 35.1. The summed E-state index contributed by atoms with van der Waals surface area (Å²) in [6.45, 7) is 1.48. The Balaban J connectivity index is 2.12. The summed E-state index contributed by atoms with van der Waals surface area (Å²) < 4.78 is 78.7. The van der Waals surface area contributed by atoms with E-state index in [-0.39, 0.29) is 24.5 Å². The van der Waals surface area contributed by atoms with Crippen LogP contribution in [0.2, 0.25) is 0 Å². The summed E-state index contributed by atoms with van der Waals surface area (Å²) in [7, 11) is 0. The number of thioether (sulfide) groups is 2. The molecule has 0 N–H and O–H groups in total. The SMILES string of the molecule is CCC(=O)OCC1(COC(=O)CC(F)(F)F)CSC2(CCCCC2OC(=O)C(C)(F)F)SC1. The number of carbonyl (C=O) groups excluding carboxylic acids is 3. The fraction of sp³-hybridized carbons (Fsp3) is 0.850. The first kappa shape index (κ1) is 28.0. The van der Waals surface area contributed by atoms with Crippen molar-refractivity contribution in [1.82, 2.24) is 0 Å². The van der Waals surface area contributed by atoms with Crippen molar-refractivity contribution in [1.29, 1.82) is 0 Å². The Morgan fingerprint density at radius 1 is 0.970 bits per heavy atom. The van der Waals surface area contributed by atoms with Crippen LogP contribution in [0.3, 0.4) is 0 Å². The number of ether oxygens (including phenoxy) is 3. The van der Waals surface area contributed by atoms with Crippen LogP contribution in [0.5, 0.6) is 0 Å². The van der Waals surface area contributed by atoms with Gasteiger partial charge in [0.25, 0.3) is 0 Å². The van der Waals surface area contributed by atoms with E-state index in [4.69, 9.17) is 14.2 Å². The number of esters is 3. The smallest absolute Gasteiger partial charge is 0.399 e. The number of rotatable bonds is 8. The highest BCUT2D eigenvalue weighted by molar-refractivity contribution is 8.19. The zero-order valence-electron chi connectivity index (χ0n) is 18.3. The molecule has 0 aromatic carbocycles. The molecule has 2 aliphatic rings. The highest BCUT2D eigenvalue weighted by Gasteiger charge is 2.53. The van der Waals surface area contributed by atoms with Crippen molar-refractivity contribution < 1.29 is 50.5 Å². The van der Waals surface area contributed by atoms with Gasteiger partial charge in [-0.3, -0.25) is 9.59 Å². The first-order chi connectivity index (χ1) is 15.2. The monoisotopic (exact) mass is 522 g/mol. The predicted molar refractivity (Wildman–Crippen MR) is 112 cm³/mol. The van der Waals surface area contributed by atoms with Crippen molar-refractivity contribution in [2.75, 3.05) is 24.7 Å². The molecular weight excluding hydrogens is 495 g/mol. The van der Waals surface area contributed by atoms with Crippen LogP contribution in [0.1, 0.15) is 52.4 Å². The van der Waals surface area contributed by atoms with Gasteiger partial charge in [0.15, 0.2) is 0 Å². The molecule has 2 rings (SSSR count). The zero-order chi connectivity index (χ0) is 24.9. The second-order valence-corrected chi connectivity index (χ2v) is 11.3. The standard InChI is InChI=1S/C20H27F5O6S2/c1-3-14(26)29-9-18(10-30-15(27)8-20(23,24)25)11-32-19(33-12-18)7-5-4-6-13(19)31-16(28)17(2,21)22/h13H,3-12H2,1-2H3. The first-order valence-corrected chi connectivity index (χ1v) is 12.4. The van der Waals surface area contributed by atoms with Crippen molar-refractivity contribution >= 4 is 41.4 Å². The lowest BCUT2D eigenvalue weighted by molar-refractivity contribution is -0.177. The maximum Gasteiger partial charge on any atom is 0.399 e. The van der Waals surface area contributed by atoms with Crippen LogP contribution in [0, 0.1) is 5.41 Å². The molecule has 33 heavy (non-hydrogen) atoms. The van der Waals surface area contributed by atoms with E-state index >= 15 is 0 Å². The van der Waals surface area contributed by atoms with Crippen LogP contribution >= 0.6 is 23.5 Å². The van der Waals surface area contributed by atoms with Gasteiger partial charge in [-0.1, -0.05) is 13.3 Å². The maximum atomic E-state index is 13.4. The molecule has 1 unspecified atom stereocenters. The van der Waals surface area contributed by atoms with Crippen LogP contribution < -0.4 is 0 Å². The quantitative estimate of drug-likeness (QED) is 0.257. The largest absolute Gasteiger partial charge is 0.465 e. The Hall–Kier alpha value is -1.24. The third-order valence-corrected chi connectivity index (χ3v) is 9.43. The molecule has 0 amide bonds. The molecular formula is C20H27F5O6S2. The van der Waals surface area contributed by atoms with Crippen molar-refractivity contribution in [3.63, 3.8) is 0 Å². The minimum Gasteiger partial charge on any atom is -0.465 e. The van der Waals surface area contributed by atoms with Gasteiger partial charge in [0.05, 0.1) is 9.49 Å². The van der Waals surface area contributed by atoms with Gasteiger partial charge in [-0.05, 0) is 19.3 Å².